The van der Waals surface area contributed by atoms with Gasteiger partial charge in [-0.25, -0.2) is 0 Å². The molecule has 0 bridgehead atoms. The lowest BCUT2D eigenvalue weighted by Crippen LogP contribution is -2.36. The van der Waals surface area contributed by atoms with E-state index in [1.54, 1.807) is 17.8 Å². The van der Waals surface area contributed by atoms with E-state index in [0.29, 0.717) is 6.54 Å². The molecular formula is C10H17N3O2. The Kier molecular flexibility index (Phi) is 3.85. The normalized spacial score (nSPS) is 14.9. The van der Waals surface area contributed by atoms with E-state index < -0.39 is 11.9 Å². The molecule has 1 aromatic heterocycles. The van der Waals surface area contributed by atoms with Gasteiger partial charge in [0.2, 0.25) is 0 Å². The number of aryl methyl sites for hydroxylation is 1. The molecule has 0 amide bonds. The molecule has 1 rings (SSSR count). The predicted octanol–water partition coefficient (Wildman–Crippen LogP) is 0.619. The van der Waals surface area contributed by atoms with Crippen molar-refractivity contribution in [3.63, 3.8) is 0 Å². The van der Waals surface area contributed by atoms with E-state index >= 15 is 0 Å². The summed E-state index contributed by atoms with van der Waals surface area (Å²) in [5, 5.41) is 16.0. The SMILES string of the molecule is CC(NCc1ccnn1C)C(C)C(=O)O. The van der Waals surface area contributed by atoms with Gasteiger partial charge in [0, 0.05) is 25.8 Å². The maximum absolute atomic E-state index is 10.7. The van der Waals surface area contributed by atoms with Gasteiger partial charge in [-0.1, -0.05) is 6.92 Å². The van der Waals surface area contributed by atoms with Crippen molar-refractivity contribution in [2.45, 2.75) is 26.4 Å². The maximum Gasteiger partial charge on any atom is 0.307 e. The quantitative estimate of drug-likeness (QED) is 0.749. The average molecular weight is 211 g/mol. The molecule has 0 fully saturated rings. The van der Waals surface area contributed by atoms with Crippen molar-refractivity contribution in [3.05, 3.63) is 18.0 Å². The van der Waals surface area contributed by atoms with Crippen molar-refractivity contribution in [2.75, 3.05) is 0 Å². The second kappa shape index (κ2) is 4.93. The summed E-state index contributed by atoms with van der Waals surface area (Å²) in [6.07, 6.45) is 1.72. The molecule has 15 heavy (non-hydrogen) atoms. The number of hydrogen-bond acceptors (Lipinski definition) is 3. The van der Waals surface area contributed by atoms with Crippen molar-refractivity contribution >= 4 is 5.97 Å². The molecule has 5 heteroatoms. The lowest BCUT2D eigenvalue weighted by Gasteiger charge is -2.17. The van der Waals surface area contributed by atoms with Gasteiger partial charge in [0.1, 0.15) is 0 Å². The molecule has 0 saturated carbocycles. The third kappa shape index (κ3) is 3.06. The minimum Gasteiger partial charge on any atom is -0.481 e. The van der Waals surface area contributed by atoms with Gasteiger partial charge in [-0.05, 0) is 13.0 Å². The van der Waals surface area contributed by atoms with Crippen LogP contribution in [0.2, 0.25) is 0 Å². The molecule has 2 N–H and O–H groups in total. The van der Waals surface area contributed by atoms with Gasteiger partial charge in [-0.3, -0.25) is 9.48 Å². The van der Waals surface area contributed by atoms with Crippen LogP contribution < -0.4 is 5.32 Å². The minimum atomic E-state index is -0.778. The number of aliphatic carboxylic acids is 1. The van der Waals surface area contributed by atoms with Crippen molar-refractivity contribution in [1.82, 2.24) is 15.1 Å². The van der Waals surface area contributed by atoms with E-state index in [4.69, 9.17) is 5.11 Å². The Balaban J connectivity index is 2.44. The third-order valence-corrected chi connectivity index (χ3v) is 2.67. The van der Waals surface area contributed by atoms with Gasteiger partial charge < -0.3 is 10.4 Å². The third-order valence-electron chi connectivity index (χ3n) is 2.67. The molecule has 2 atom stereocenters. The van der Waals surface area contributed by atoms with E-state index in [1.807, 2.05) is 20.0 Å². The molecule has 84 valence electrons. The molecule has 1 heterocycles. The molecule has 0 radical (unpaired) electrons. The molecule has 0 aliphatic carbocycles. The van der Waals surface area contributed by atoms with Crippen LogP contribution in [-0.4, -0.2) is 26.9 Å². The predicted molar refractivity (Wildman–Crippen MR) is 56.3 cm³/mol. The molecule has 0 aliphatic heterocycles. The number of aromatic nitrogens is 2. The fraction of sp³-hybridized carbons (Fsp3) is 0.600. The fourth-order valence-electron chi connectivity index (χ4n) is 1.23. The monoisotopic (exact) mass is 211 g/mol. The van der Waals surface area contributed by atoms with Crippen LogP contribution >= 0.6 is 0 Å². The van der Waals surface area contributed by atoms with Crippen LogP contribution in [0.4, 0.5) is 0 Å². The van der Waals surface area contributed by atoms with Crippen LogP contribution in [0.1, 0.15) is 19.5 Å². The highest BCUT2D eigenvalue weighted by molar-refractivity contribution is 5.70. The van der Waals surface area contributed by atoms with Crippen molar-refractivity contribution in [2.24, 2.45) is 13.0 Å². The fourth-order valence-corrected chi connectivity index (χ4v) is 1.23. The summed E-state index contributed by atoms with van der Waals surface area (Å²) in [6, 6.07) is 1.85. The second-order valence-electron chi connectivity index (χ2n) is 3.74. The van der Waals surface area contributed by atoms with E-state index in [1.165, 1.54) is 0 Å². The van der Waals surface area contributed by atoms with E-state index in [9.17, 15) is 4.79 Å². The Morgan fingerprint density at radius 2 is 2.33 bits per heavy atom. The minimum absolute atomic E-state index is 0.0580. The van der Waals surface area contributed by atoms with Gasteiger partial charge in [-0.15, -0.1) is 0 Å². The van der Waals surface area contributed by atoms with Crippen LogP contribution in [0.3, 0.4) is 0 Å². The Hall–Kier alpha value is -1.36. The summed E-state index contributed by atoms with van der Waals surface area (Å²) in [6.45, 7) is 4.20. The Labute approximate surface area is 89.1 Å². The Morgan fingerprint density at radius 3 is 2.80 bits per heavy atom. The number of carbonyl (C=O) groups is 1. The summed E-state index contributed by atoms with van der Waals surface area (Å²) in [7, 11) is 1.86. The van der Waals surface area contributed by atoms with E-state index in [0.717, 1.165) is 5.69 Å². The zero-order valence-corrected chi connectivity index (χ0v) is 9.27. The van der Waals surface area contributed by atoms with Crippen LogP contribution in [0.5, 0.6) is 0 Å². The van der Waals surface area contributed by atoms with Gasteiger partial charge in [0.15, 0.2) is 0 Å². The lowest BCUT2D eigenvalue weighted by atomic mass is 10.0. The highest BCUT2D eigenvalue weighted by Gasteiger charge is 2.18. The summed E-state index contributed by atoms with van der Waals surface area (Å²) in [4.78, 5) is 10.7. The van der Waals surface area contributed by atoms with Crippen LogP contribution in [0.25, 0.3) is 0 Å². The molecular weight excluding hydrogens is 194 g/mol. The summed E-state index contributed by atoms with van der Waals surface area (Å²) in [5.74, 6) is -1.17. The zero-order chi connectivity index (χ0) is 11.4. The first kappa shape index (κ1) is 11.7. The number of rotatable bonds is 5. The summed E-state index contributed by atoms with van der Waals surface area (Å²) >= 11 is 0. The first-order chi connectivity index (χ1) is 7.02. The summed E-state index contributed by atoms with van der Waals surface area (Å²) < 4.78 is 1.77. The average Bonchev–Trinajstić information content (AvgIpc) is 2.59. The Bertz CT molecular complexity index is 335. The molecule has 0 saturated heterocycles. The Morgan fingerprint density at radius 1 is 1.67 bits per heavy atom. The van der Waals surface area contributed by atoms with Gasteiger partial charge in [0.25, 0.3) is 0 Å². The molecule has 2 unspecified atom stereocenters. The molecule has 0 spiro atoms. The number of nitrogens with one attached hydrogen (secondary N) is 1. The van der Waals surface area contributed by atoms with E-state index in [2.05, 4.69) is 10.4 Å². The van der Waals surface area contributed by atoms with Crippen molar-refractivity contribution < 1.29 is 9.90 Å². The van der Waals surface area contributed by atoms with Gasteiger partial charge in [-0.2, -0.15) is 5.10 Å². The number of carboxylic acids is 1. The van der Waals surface area contributed by atoms with Gasteiger partial charge >= 0.3 is 5.97 Å². The van der Waals surface area contributed by atoms with Crippen molar-refractivity contribution in [3.8, 4) is 0 Å². The van der Waals surface area contributed by atoms with Crippen LogP contribution in [0.15, 0.2) is 12.3 Å². The largest absolute Gasteiger partial charge is 0.481 e. The first-order valence-electron chi connectivity index (χ1n) is 4.95. The van der Waals surface area contributed by atoms with Crippen LogP contribution in [0, 0.1) is 5.92 Å². The smallest absolute Gasteiger partial charge is 0.307 e. The lowest BCUT2D eigenvalue weighted by molar-refractivity contribution is -0.141. The summed E-state index contributed by atoms with van der Waals surface area (Å²) in [5.41, 5.74) is 1.04. The number of hydrogen-bond donors (Lipinski definition) is 2. The van der Waals surface area contributed by atoms with Crippen LogP contribution in [-0.2, 0) is 18.4 Å². The topological polar surface area (TPSA) is 67.2 Å². The molecule has 0 aromatic carbocycles. The standard InChI is InChI=1S/C10H17N3O2/c1-7(10(14)15)8(2)11-6-9-4-5-12-13(9)3/h4-5,7-8,11H,6H2,1-3H3,(H,14,15). The maximum atomic E-state index is 10.7. The highest BCUT2D eigenvalue weighted by atomic mass is 16.4. The van der Waals surface area contributed by atoms with Gasteiger partial charge in [0.05, 0.1) is 11.6 Å². The first-order valence-corrected chi connectivity index (χ1v) is 4.95. The molecule has 5 nitrogen and oxygen atoms in total. The number of carboxylic acid groups (broad SMARTS) is 1. The van der Waals surface area contributed by atoms with E-state index in [-0.39, 0.29) is 6.04 Å². The molecule has 1 aromatic rings. The highest BCUT2D eigenvalue weighted by Crippen LogP contribution is 2.04. The van der Waals surface area contributed by atoms with Crippen molar-refractivity contribution in [1.29, 1.82) is 0 Å². The number of nitrogens with zero attached hydrogens (tertiary/aromatic N) is 2. The zero-order valence-electron chi connectivity index (χ0n) is 9.27. The molecule has 0 aliphatic rings. The second-order valence-corrected chi connectivity index (χ2v) is 3.74.